The second-order valence-corrected chi connectivity index (χ2v) is 10.9. The molecule has 3 aromatic rings. The molecule has 0 saturated carbocycles. The first-order valence-corrected chi connectivity index (χ1v) is 13.4. The number of hydrogen-bond acceptors (Lipinski definition) is 8. The Bertz CT molecular complexity index is 1140. The van der Waals surface area contributed by atoms with Crippen molar-refractivity contribution < 1.29 is 17.9 Å². The largest absolute Gasteiger partial charge is 0.495 e. The summed E-state index contributed by atoms with van der Waals surface area (Å²) in [6, 6.07) is 16.9. The molecule has 1 heterocycles. The van der Waals surface area contributed by atoms with Gasteiger partial charge in [-0.1, -0.05) is 65.6 Å². The molecular weight excluding hydrogens is 468 g/mol. The molecule has 0 unspecified atom stereocenters. The van der Waals surface area contributed by atoms with Crippen LogP contribution in [0.4, 0.5) is 10.8 Å². The summed E-state index contributed by atoms with van der Waals surface area (Å²) < 4.78 is 31.9. The minimum atomic E-state index is -3.53. The lowest BCUT2D eigenvalue weighted by atomic mass is 10.2. The SMILES string of the molecule is COc1ccccc1N(CCCC(=O)Nc1nnc(SCc2ccccc2)s1)S(C)(=O)=O. The summed E-state index contributed by atoms with van der Waals surface area (Å²) in [5, 5.41) is 11.3. The quantitative estimate of drug-likeness (QED) is 0.319. The molecule has 32 heavy (non-hydrogen) atoms. The van der Waals surface area contributed by atoms with Crippen LogP contribution in [0, 0.1) is 0 Å². The fourth-order valence-corrected chi connectivity index (χ4v) is 5.60. The highest BCUT2D eigenvalue weighted by molar-refractivity contribution is 8.00. The molecule has 1 amide bonds. The fraction of sp³-hybridized carbons (Fsp3) is 0.286. The Morgan fingerprint density at radius 2 is 1.84 bits per heavy atom. The van der Waals surface area contributed by atoms with E-state index in [9.17, 15) is 13.2 Å². The molecule has 0 bridgehead atoms. The zero-order chi connectivity index (χ0) is 23.0. The summed E-state index contributed by atoms with van der Waals surface area (Å²) in [7, 11) is -2.05. The highest BCUT2D eigenvalue weighted by Crippen LogP contribution is 2.30. The van der Waals surface area contributed by atoms with Crippen LogP contribution in [0.1, 0.15) is 18.4 Å². The van der Waals surface area contributed by atoms with Crippen molar-refractivity contribution in [3.05, 3.63) is 60.2 Å². The summed E-state index contributed by atoms with van der Waals surface area (Å²) in [5.74, 6) is 0.985. The van der Waals surface area contributed by atoms with Crippen molar-refractivity contribution in [3.63, 3.8) is 0 Å². The number of para-hydroxylation sites is 2. The van der Waals surface area contributed by atoms with E-state index in [1.807, 2.05) is 30.3 Å². The molecule has 8 nitrogen and oxygen atoms in total. The van der Waals surface area contributed by atoms with Gasteiger partial charge in [-0.3, -0.25) is 9.10 Å². The lowest BCUT2D eigenvalue weighted by molar-refractivity contribution is -0.116. The Labute approximate surface area is 196 Å². The number of thioether (sulfide) groups is 1. The number of carbonyl (C=O) groups is 1. The third-order valence-electron chi connectivity index (χ3n) is 4.38. The van der Waals surface area contributed by atoms with Crippen LogP contribution in [0.15, 0.2) is 58.9 Å². The van der Waals surface area contributed by atoms with Crippen LogP contribution in [-0.2, 0) is 20.6 Å². The van der Waals surface area contributed by atoms with Gasteiger partial charge in [0.1, 0.15) is 5.75 Å². The van der Waals surface area contributed by atoms with Gasteiger partial charge in [0, 0.05) is 18.7 Å². The van der Waals surface area contributed by atoms with Gasteiger partial charge in [-0.15, -0.1) is 10.2 Å². The maximum absolute atomic E-state index is 12.3. The molecule has 0 fully saturated rings. The monoisotopic (exact) mass is 492 g/mol. The van der Waals surface area contributed by atoms with Gasteiger partial charge in [-0.2, -0.15) is 0 Å². The van der Waals surface area contributed by atoms with E-state index in [1.54, 1.807) is 36.0 Å². The van der Waals surface area contributed by atoms with Crippen molar-refractivity contribution >= 4 is 49.8 Å². The van der Waals surface area contributed by atoms with Crippen LogP contribution in [0.3, 0.4) is 0 Å². The Morgan fingerprint density at radius 1 is 1.12 bits per heavy atom. The maximum atomic E-state index is 12.3. The van der Waals surface area contributed by atoms with Crippen molar-refractivity contribution in [1.82, 2.24) is 10.2 Å². The lowest BCUT2D eigenvalue weighted by Gasteiger charge is -2.24. The van der Waals surface area contributed by atoms with E-state index in [2.05, 4.69) is 15.5 Å². The molecule has 3 rings (SSSR count). The van der Waals surface area contributed by atoms with E-state index in [1.165, 1.54) is 28.3 Å². The minimum Gasteiger partial charge on any atom is -0.495 e. The van der Waals surface area contributed by atoms with Crippen LogP contribution >= 0.6 is 23.1 Å². The van der Waals surface area contributed by atoms with Crippen LogP contribution in [0.5, 0.6) is 5.75 Å². The standard InChI is InChI=1S/C21H24N4O4S3/c1-29-18-12-7-6-11-17(18)25(32(2,27)28)14-8-13-19(26)22-20-23-24-21(31-20)30-15-16-9-4-3-5-10-16/h3-7,9-12H,8,13-15H2,1-2H3,(H,22,23,26). The van der Waals surface area contributed by atoms with Crippen molar-refractivity contribution in [1.29, 1.82) is 0 Å². The number of benzene rings is 2. The molecule has 0 aliphatic rings. The highest BCUT2D eigenvalue weighted by Gasteiger charge is 2.21. The number of anilines is 2. The third kappa shape index (κ3) is 6.94. The fourth-order valence-electron chi connectivity index (χ4n) is 2.90. The van der Waals surface area contributed by atoms with Gasteiger partial charge in [0.25, 0.3) is 0 Å². The Kier molecular flexibility index (Phi) is 8.48. The summed E-state index contributed by atoms with van der Waals surface area (Å²) in [6.07, 6.45) is 1.62. The summed E-state index contributed by atoms with van der Waals surface area (Å²) in [4.78, 5) is 12.3. The van der Waals surface area contributed by atoms with E-state index in [-0.39, 0.29) is 18.9 Å². The van der Waals surface area contributed by atoms with Crippen LogP contribution in [0.2, 0.25) is 0 Å². The second kappa shape index (κ2) is 11.3. The molecule has 2 aromatic carbocycles. The first-order valence-electron chi connectivity index (χ1n) is 9.77. The highest BCUT2D eigenvalue weighted by atomic mass is 32.2. The van der Waals surface area contributed by atoms with Crippen LogP contribution < -0.4 is 14.4 Å². The van der Waals surface area contributed by atoms with Crippen molar-refractivity contribution in [2.45, 2.75) is 22.9 Å². The Balaban J connectivity index is 1.51. The van der Waals surface area contributed by atoms with Gasteiger partial charge < -0.3 is 10.1 Å². The second-order valence-electron chi connectivity index (χ2n) is 6.81. The molecule has 1 aromatic heterocycles. The van der Waals surface area contributed by atoms with E-state index in [4.69, 9.17) is 4.74 Å². The maximum Gasteiger partial charge on any atom is 0.232 e. The number of amides is 1. The third-order valence-corrected chi connectivity index (χ3v) is 7.60. The number of ether oxygens (including phenoxy) is 1. The average molecular weight is 493 g/mol. The number of nitrogens with one attached hydrogen (secondary N) is 1. The predicted octanol–water partition coefficient (Wildman–Crippen LogP) is 4.02. The molecule has 0 saturated heterocycles. The number of aromatic nitrogens is 2. The number of carbonyl (C=O) groups excluding carboxylic acids is 1. The number of rotatable bonds is 11. The van der Waals surface area contributed by atoms with E-state index >= 15 is 0 Å². The van der Waals surface area contributed by atoms with Crippen molar-refractivity contribution in [2.24, 2.45) is 0 Å². The van der Waals surface area contributed by atoms with E-state index < -0.39 is 10.0 Å². The molecule has 170 valence electrons. The first kappa shape index (κ1) is 24.0. The number of methoxy groups -OCH3 is 1. The predicted molar refractivity (Wildman–Crippen MR) is 129 cm³/mol. The smallest absolute Gasteiger partial charge is 0.232 e. The van der Waals surface area contributed by atoms with Gasteiger partial charge in [0.2, 0.25) is 21.1 Å². The summed E-state index contributed by atoms with van der Waals surface area (Å²) >= 11 is 2.87. The molecule has 0 spiro atoms. The number of sulfonamides is 1. The average Bonchev–Trinajstić information content (AvgIpc) is 3.22. The summed E-state index contributed by atoms with van der Waals surface area (Å²) in [5.41, 5.74) is 1.63. The van der Waals surface area contributed by atoms with Crippen molar-refractivity contribution in [3.8, 4) is 5.75 Å². The zero-order valence-corrected chi connectivity index (χ0v) is 20.2. The Hall–Kier alpha value is -2.63. The van der Waals surface area contributed by atoms with Crippen LogP contribution in [0.25, 0.3) is 0 Å². The van der Waals surface area contributed by atoms with Gasteiger partial charge in [0.15, 0.2) is 4.34 Å². The Morgan fingerprint density at radius 3 is 2.56 bits per heavy atom. The molecule has 0 radical (unpaired) electrons. The number of nitrogens with zero attached hydrogens (tertiary/aromatic N) is 3. The molecule has 0 atom stereocenters. The molecule has 1 N–H and O–H groups in total. The molecule has 0 aliphatic carbocycles. The topological polar surface area (TPSA) is 101 Å². The van der Waals surface area contributed by atoms with Gasteiger partial charge >= 0.3 is 0 Å². The normalized spacial score (nSPS) is 11.2. The van der Waals surface area contributed by atoms with Crippen LogP contribution in [-0.4, -0.2) is 44.4 Å². The number of hydrogen-bond donors (Lipinski definition) is 1. The van der Waals surface area contributed by atoms with E-state index in [0.717, 1.165) is 16.3 Å². The van der Waals surface area contributed by atoms with Gasteiger partial charge in [-0.25, -0.2) is 8.42 Å². The lowest BCUT2D eigenvalue weighted by Crippen LogP contribution is -2.31. The van der Waals surface area contributed by atoms with Gasteiger partial charge in [0.05, 0.1) is 19.1 Å². The van der Waals surface area contributed by atoms with Gasteiger partial charge in [-0.05, 0) is 24.1 Å². The first-order chi connectivity index (χ1) is 15.4. The van der Waals surface area contributed by atoms with Crippen molar-refractivity contribution in [2.75, 3.05) is 29.5 Å². The molecular formula is C21H24N4O4S3. The summed E-state index contributed by atoms with van der Waals surface area (Å²) in [6.45, 7) is 0.154. The molecule has 11 heteroatoms. The molecule has 0 aliphatic heterocycles. The van der Waals surface area contributed by atoms with E-state index in [0.29, 0.717) is 23.0 Å². The minimum absolute atomic E-state index is 0.146. The zero-order valence-electron chi connectivity index (χ0n) is 17.7.